The van der Waals surface area contributed by atoms with E-state index >= 15 is 0 Å². The molecule has 0 aromatic heterocycles. The van der Waals surface area contributed by atoms with Crippen molar-refractivity contribution in [3.8, 4) is 0 Å². The number of allylic oxidation sites excluding steroid dienone is 2. The molecule has 0 aliphatic carbocycles. The highest BCUT2D eigenvalue weighted by molar-refractivity contribution is 7.72. The molecule has 8 nitrogen and oxygen atoms in total. The van der Waals surface area contributed by atoms with Gasteiger partial charge >= 0.3 is 15.2 Å². The zero-order chi connectivity index (χ0) is 22.4. The Kier molecular flexibility index (Phi) is 15.7. The molecule has 0 fully saturated rings. The van der Waals surface area contributed by atoms with Gasteiger partial charge in [-0.25, -0.2) is 0 Å². The summed E-state index contributed by atoms with van der Waals surface area (Å²) in [5.74, 6) is 0. The van der Waals surface area contributed by atoms with E-state index in [1.165, 1.54) is 0 Å². The number of hydrogen-bond acceptors (Lipinski definition) is 8. The van der Waals surface area contributed by atoms with Gasteiger partial charge in [-0.05, 0) is 52.7 Å². The Labute approximate surface area is 168 Å². The predicted molar refractivity (Wildman–Crippen MR) is 111 cm³/mol. The van der Waals surface area contributed by atoms with Gasteiger partial charge in [-0.3, -0.25) is 18.7 Å². The summed E-state index contributed by atoms with van der Waals surface area (Å²) < 4.78 is 43.6. The summed E-state index contributed by atoms with van der Waals surface area (Å²) in [7, 11) is -7.28. The zero-order valence-electron chi connectivity index (χ0n) is 17.7. The van der Waals surface area contributed by atoms with Crippen molar-refractivity contribution in [1.82, 2.24) is 0 Å². The van der Waals surface area contributed by atoms with Crippen LogP contribution in [0.2, 0.25) is 0 Å². The maximum absolute atomic E-state index is 11.9. The fraction of sp³-hybridized carbons (Fsp3) is 0.667. The Balaban J connectivity index is 0. The zero-order valence-corrected chi connectivity index (χ0v) is 19.5. The minimum absolute atomic E-state index is 0.251. The fourth-order valence-electron chi connectivity index (χ4n) is 1.49. The van der Waals surface area contributed by atoms with E-state index in [0.717, 1.165) is 12.2 Å². The lowest BCUT2D eigenvalue weighted by Crippen LogP contribution is -2.12. The molecule has 0 N–H and O–H groups in total. The van der Waals surface area contributed by atoms with Crippen LogP contribution in [0.4, 0.5) is 0 Å². The topological polar surface area (TPSA) is 105 Å². The van der Waals surface area contributed by atoms with Crippen LogP contribution in [0, 0.1) is 0 Å². The van der Waals surface area contributed by atoms with E-state index in [-0.39, 0.29) is 25.4 Å². The lowest BCUT2D eigenvalue weighted by molar-refractivity contribution is -0.110. The van der Waals surface area contributed by atoms with Crippen LogP contribution in [0.1, 0.15) is 54.4 Å². The highest BCUT2D eigenvalue weighted by atomic mass is 31.2. The fourth-order valence-corrected chi connectivity index (χ4v) is 4.48. The number of rotatable bonds is 14. The van der Waals surface area contributed by atoms with Gasteiger partial charge in [0.25, 0.3) is 11.0 Å². The first-order chi connectivity index (χ1) is 12.9. The van der Waals surface area contributed by atoms with E-state index < -0.39 is 26.2 Å². The van der Waals surface area contributed by atoms with E-state index in [9.17, 15) is 18.7 Å². The normalized spacial score (nSPS) is 11.7. The molecule has 28 heavy (non-hydrogen) atoms. The smallest absolute Gasteiger partial charge is 0.303 e. The van der Waals surface area contributed by atoms with E-state index in [1.54, 1.807) is 27.7 Å². The summed E-state index contributed by atoms with van der Waals surface area (Å²) >= 11 is 0. The van der Waals surface area contributed by atoms with E-state index in [1.807, 2.05) is 13.8 Å². The molecule has 0 saturated heterocycles. The first-order valence-electron chi connectivity index (χ1n) is 9.12. The average molecular weight is 440 g/mol. The molecule has 10 heteroatoms. The molecule has 0 aromatic rings. The summed E-state index contributed by atoms with van der Waals surface area (Å²) in [4.78, 5) is 22.5. The van der Waals surface area contributed by atoms with Gasteiger partial charge in [0.2, 0.25) is 0 Å². The van der Waals surface area contributed by atoms with E-state index in [4.69, 9.17) is 18.1 Å². The molecule has 0 unspecified atom stereocenters. The Bertz CT molecular complexity index is 572. The standard InChI is InChI=1S/2C9H17O4P/c1-6-9(10)14(11,12-7(2)3)13-8(4)5;1-4-7-12-14(11,9(10)6-3)13-8-5-2/h6-8H,1H2,2-5H3;6H,3-5,7-8H2,1-2H3. The summed E-state index contributed by atoms with van der Waals surface area (Å²) in [5.41, 5.74) is -1.36. The van der Waals surface area contributed by atoms with Crippen LogP contribution in [0.5, 0.6) is 0 Å². The van der Waals surface area contributed by atoms with Crippen LogP contribution in [0.15, 0.2) is 25.3 Å². The van der Waals surface area contributed by atoms with Gasteiger partial charge in [0.05, 0.1) is 25.4 Å². The van der Waals surface area contributed by atoms with Crippen molar-refractivity contribution in [2.45, 2.75) is 66.6 Å². The van der Waals surface area contributed by atoms with Crippen LogP contribution in [-0.2, 0) is 36.8 Å². The number of carbonyl (C=O) groups is 2. The second kappa shape index (κ2) is 15.0. The van der Waals surface area contributed by atoms with Crippen molar-refractivity contribution >= 4 is 26.2 Å². The van der Waals surface area contributed by atoms with Gasteiger partial charge in [-0.2, -0.15) is 0 Å². The average Bonchev–Trinajstić information content (AvgIpc) is 2.62. The van der Waals surface area contributed by atoms with Gasteiger partial charge in [0.15, 0.2) is 0 Å². The van der Waals surface area contributed by atoms with Crippen molar-refractivity contribution in [3.63, 3.8) is 0 Å². The second-order valence-corrected chi connectivity index (χ2v) is 9.86. The second-order valence-electron chi connectivity index (χ2n) is 6.05. The van der Waals surface area contributed by atoms with Crippen LogP contribution in [0.3, 0.4) is 0 Å². The van der Waals surface area contributed by atoms with Crippen LogP contribution >= 0.6 is 15.2 Å². The molecule has 0 amide bonds. The highest BCUT2D eigenvalue weighted by Crippen LogP contribution is 2.51. The molecule has 0 saturated carbocycles. The largest absolute Gasteiger partial charge is 0.401 e. The Morgan fingerprint density at radius 2 is 1.11 bits per heavy atom. The van der Waals surface area contributed by atoms with Crippen LogP contribution in [-0.4, -0.2) is 36.5 Å². The lowest BCUT2D eigenvalue weighted by atomic mass is 10.5. The van der Waals surface area contributed by atoms with Gasteiger partial charge in [-0.15, -0.1) is 0 Å². The van der Waals surface area contributed by atoms with Crippen molar-refractivity contribution in [2.24, 2.45) is 0 Å². The van der Waals surface area contributed by atoms with E-state index in [0.29, 0.717) is 12.8 Å². The van der Waals surface area contributed by atoms with Crippen LogP contribution < -0.4 is 0 Å². The van der Waals surface area contributed by atoms with Gasteiger partial charge in [0, 0.05) is 0 Å². The molecule has 0 spiro atoms. The Morgan fingerprint density at radius 3 is 1.36 bits per heavy atom. The van der Waals surface area contributed by atoms with Crippen molar-refractivity contribution in [2.75, 3.05) is 13.2 Å². The minimum atomic E-state index is -3.68. The Hall–Kier alpha value is -0.880. The maximum atomic E-state index is 11.9. The van der Waals surface area contributed by atoms with Gasteiger partial charge in [-0.1, -0.05) is 27.0 Å². The minimum Gasteiger partial charge on any atom is -0.303 e. The number of carbonyl (C=O) groups excluding carboxylic acids is 2. The van der Waals surface area contributed by atoms with Crippen LogP contribution in [0.25, 0.3) is 0 Å². The first-order valence-corrected chi connectivity index (χ1v) is 12.2. The molecule has 0 aromatic carbocycles. The number of hydrogen-bond donors (Lipinski definition) is 0. The third-order valence-corrected chi connectivity index (χ3v) is 6.41. The summed E-state index contributed by atoms with van der Waals surface area (Å²) in [6.45, 7) is 17.5. The molecular formula is C18H34O8P2. The molecule has 0 rings (SSSR count). The summed E-state index contributed by atoms with van der Waals surface area (Å²) in [5, 5.41) is 0. The maximum Gasteiger partial charge on any atom is 0.401 e. The molecule has 0 bridgehead atoms. The van der Waals surface area contributed by atoms with E-state index in [2.05, 4.69) is 13.2 Å². The molecule has 0 heterocycles. The van der Waals surface area contributed by atoms with Gasteiger partial charge in [0.1, 0.15) is 0 Å². The molecule has 0 atom stereocenters. The lowest BCUT2D eigenvalue weighted by Gasteiger charge is -2.19. The molecular weight excluding hydrogens is 406 g/mol. The third-order valence-electron chi connectivity index (χ3n) is 2.52. The van der Waals surface area contributed by atoms with Crippen molar-refractivity contribution < 1.29 is 36.8 Å². The molecule has 0 aliphatic rings. The predicted octanol–water partition coefficient (Wildman–Crippen LogP) is 5.49. The first kappa shape index (κ1) is 29.3. The molecule has 164 valence electrons. The third kappa shape index (κ3) is 11.8. The molecule has 0 aliphatic heterocycles. The SMILES string of the molecule is C=CC(=O)P(=O)(OC(C)C)OC(C)C.C=CC(=O)P(=O)(OCCC)OCCC. The quantitative estimate of drug-likeness (QED) is 0.258. The van der Waals surface area contributed by atoms with Gasteiger partial charge < -0.3 is 18.1 Å². The Morgan fingerprint density at radius 1 is 0.786 bits per heavy atom. The summed E-state index contributed by atoms with van der Waals surface area (Å²) in [6.07, 6.45) is 2.65. The molecule has 0 radical (unpaired) electrons. The highest BCUT2D eigenvalue weighted by Gasteiger charge is 2.34. The summed E-state index contributed by atoms with van der Waals surface area (Å²) in [6, 6.07) is 0. The van der Waals surface area contributed by atoms with Crippen molar-refractivity contribution in [1.29, 1.82) is 0 Å². The monoisotopic (exact) mass is 440 g/mol. The van der Waals surface area contributed by atoms with Crippen molar-refractivity contribution in [3.05, 3.63) is 25.3 Å².